The highest BCUT2D eigenvalue weighted by Gasteiger charge is 2.00. The lowest BCUT2D eigenvalue weighted by atomic mass is 10.4. The molecular formula is C4H11N3O. The third-order valence-electron chi connectivity index (χ3n) is 0.626. The van der Waals surface area contributed by atoms with Gasteiger partial charge in [-0.25, -0.2) is 0 Å². The minimum absolute atomic E-state index is 0.0486. The largest absolute Gasteiger partial charge is 0.392 e. The summed E-state index contributed by atoms with van der Waals surface area (Å²) in [6.45, 7) is 1.68. The number of hydrogen-bond donors (Lipinski definition) is 3. The summed E-state index contributed by atoms with van der Waals surface area (Å²) in [6.07, 6.45) is 0. The van der Waals surface area contributed by atoms with Gasteiger partial charge >= 0.3 is 0 Å². The summed E-state index contributed by atoms with van der Waals surface area (Å²) in [6, 6.07) is -0.331. The maximum Gasteiger partial charge on any atom is 0.223 e. The number of nitrogens with two attached hydrogens (primary N) is 1. The molecule has 0 saturated heterocycles. The van der Waals surface area contributed by atoms with E-state index < -0.39 is 0 Å². The summed E-state index contributed by atoms with van der Waals surface area (Å²) in [5.74, 6) is 0.0486. The molecule has 0 rings (SSSR count). The van der Waals surface area contributed by atoms with Gasteiger partial charge in [0.05, 0.1) is 6.04 Å². The molecule has 48 valence electrons. The average molecular weight is 117 g/mol. The molecule has 0 aromatic heterocycles. The van der Waals surface area contributed by atoms with Gasteiger partial charge in [-0.05, 0) is 6.92 Å². The third kappa shape index (κ3) is 2.54. The first-order valence-electron chi connectivity index (χ1n) is 2.36. The van der Waals surface area contributed by atoms with E-state index in [0.29, 0.717) is 0 Å². The van der Waals surface area contributed by atoms with E-state index in [1.54, 1.807) is 14.0 Å². The lowest BCUT2D eigenvalue weighted by Crippen LogP contribution is -2.31. The van der Waals surface area contributed by atoms with E-state index in [4.69, 9.17) is 11.1 Å². The Kier molecular flexibility index (Phi) is 3.14. The van der Waals surface area contributed by atoms with E-state index in [0.717, 1.165) is 0 Å². The summed E-state index contributed by atoms with van der Waals surface area (Å²) >= 11 is 0. The van der Waals surface area contributed by atoms with Crippen molar-refractivity contribution in [1.29, 1.82) is 5.41 Å². The second-order valence-corrected chi connectivity index (χ2v) is 1.46. The lowest BCUT2D eigenvalue weighted by molar-refractivity contribution is 0.197. The molecule has 4 N–H and O–H groups in total. The van der Waals surface area contributed by atoms with Crippen LogP contribution in [0, 0.1) is 5.41 Å². The molecule has 0 aromatic carbocycles. The van der Waals surface area contributed by atoms with Crippen molar-refractivity contribution < 1.29 is 4.84 Å². The second-order valence-electron chi connectivity index (χ2n) is 1.46. The van der Waals surface area contributed by atoms with Gasteiger partial charge in [-0.2, -0.15) is 5.48 Å². The second kappa shape index (κ2) is 3.40. The van der Waals surface area contributed by atoms with Gasteiger partial charge in [-0.15, -0.1) is 0 Å². The molecule has 0 aliphatic carbocycles. The molecule has 0 bridgehead atoms. The summed E-state index contributed by atoms with van der Waals surface area (Å²) in [4.78, 5) is 4.51. The fourth-order valence-electron chi connectivity index (χ4n) is 0.203. The van der Waals surface area contributed by atoms with Crippen molar-refractivity contribution in [3.05, 3.63) is 0 Å². The zero-order valence-electron chi connectivity index (χ0n) is 5.06. The predicted molar refractivity (Wildman–Crippen MR) is 31.5 cm³/mol. The van der Waals surface area contributed by atoms with Gasteiger partial charge < -0.3 is 10.6 Å². The standard InChI is InChI=1S/C4H11N3O/c1-3(5)4(6)8-7-2/h3,6-7H,5H2,1-2H3/t3-/m0/s1. The van der Waals surface area contributed by atoms with Crippen LogP contribution in [0.1, 0.15) is 6.92 Å². The first-order valence-corrected chi connectivity index (χ1v) is 2.36. The van der Waals surface area contributed by atoms with E-state index in [1.165, 1.54) is 0 Å². The van der Waals surface area contributed by atoms with Crippen molar-refractivity contribution >= 4 is 5.90 Å². The molecule has 0 saturated carbocycles. The Morgan fingerprint density at radius 3 is 2.50 bits per heavy atom. The Hall–Kier alpha value is -0.610. The van der Waals surface area contributed by atoms with Crippen molar-refractivity contribution in [1.82, 2.24) is 5.48 Å². The fraction of sp³-hybridized carbons (Fsp3) is 0.750. The SMILES string of the molecule is CNOC(=N)[C@H](C)N. The van der Waals surface area contributed by atoms with Crippen LogP contribution in [0.2, 0.25) is 0 Å². The molecule has 4 nitrogen and oxygen atoms in total. The van der Waals surface area contributed by atoms with Gasteiger partial charge in [0.1, 0.15) is 0 Å². The number of nitrogens with one attached hydrogen (secondary N) is 2. The molecular weight excluding hydrogens is 106 g/mol. The smallest absolute Gasteiger partial charge is 0.223 e. The minimum Gasteiger partial charge on any atom is -0.392 e. The van der Waals surface area contributed by atoms with Crippen LogP contribution in [0.4, 0.5) is 0 Å². The highest BCUT2D eigenvalue weighted by Crippen LogP contribution is 1.77. The average Bonchev–Trinajstić information content (AvgIpc) is 1.67. The topological polar surface area (TPSA) is 71.1 Å². The van der Waals surface area contributed by atoms with Gasteiger partial charge in [0.2, 0.25) is 5.90 Å². The maximum atomic E-state index is 6.93. The van der Waals surface area contributed by atoms with Crippen LogP contribution in [0.25, 0.3) is 0 Å². The van der Waals surface area contributed by atoms with Crippen molar-refractivity contribution in [3.63, 3.8) is 0 Å². The van der Waals surface area contributed by atoms with Crippen LogP contribution in [0.15, 0.2) is 0 Å². The molecule has 0 aromatic rings. The number of rotatable bonds is 2. The Morgan fingerprint density at radius 2 is 2.38 bits per heavy atom. The predicted octanol–water partition coefficient (Wildman–Crippen LogP) is -0.538. The first-order chi connectivity index (χ1) is 3.68. The van der Waals surface area contributed by atoms with E-state index in [-0.39, 0.29) is 11.9 Å². The molecule has 0 heterocycles. The Balaban J connectivity index is 3.33. The van der Waals surface area contributed by atoms with E-state index in [9.17, 15) is 0 Å². The Bertz CT molecular complexity index is 81.4. The van der Waals surface area contributed by atoms with Crippen LogP contribution < -0.4 is 11.2 Å². The van der Waals surface area contributed by atoms with Crippen molar-refractivity contribution in [2.24, 2.45) is 5.73 Å². The van der Waals surface area contributed by atoms with Crippen molar-refractivity contribution in [2.75, 3.05) is 7.05 Å². The number of hydrogen-bond acceptors (Lipinski definition) is 4. The Labute approximate surface area is 48.5 Å². The maximum absolute atomic E-state index is 6.93. The van der Waals surface area contributed by atoms with Crippen LogP contribution in [-0.4, -0.2) is 19.0 Å². The van der Waals surface area contributed by atoms with Crippen molar-refractivity contribution in [3.8, 4) is 0 Å². The minimum atomic E-state index is -0.331. The first kappa shape index (κ1) is 7.39. The molecule has 1 atom stereocenters. The Morgan fingerprint density at radius 1 is 1.88 bits per heavy atom. The fourth-order valence-corrected chi connectivity index (χ4v) is 0.203. The van der Waals surface area contributed by atoms with E-state index in [1.807, 2.05) is 0 Å². The molecule has 0 radical (unpaired) electrons. The normalized spacial score (nSPS) is 12.9. The van der Waals surface area contributed by atoms with Crippen LogP contribution in [0.5, 0.6) is 0 Å². The van der Waals surface area contributed by atoms with Gasteiger partial charge in [0, 0.05) is 7.05 Å². The van der Waals surface area contributed by atoms with Gasteiger partial charge in [0.15, 0.2) is 0 Å². The molecule has 0 amide bonds. The quantitative estimate of drug-likeness (QED) is 0.258. The highest BCUT2D eigenvalue weighted by molar-refractivity contribution is 5.77. The third-order valence-corrected chi connectivity index (χ3v) is 0.626. The summed E-state index contributed by atoms with van der Waals surface area (Å²) in [5, 5.41) is 6.93. The molecule has 0 fully saturated rings. The molecule has 0 spiro atoms. The lowest BCUT2D eigenvalue weighted by Gasteiger charge is -2.05. The summed E-state index contributed by atoms with van der Waals surface area (Å²) in [7, 11) is 1.58. The zero-order chi connectivity index (χ0) is 6.57. The molecule has 0 unspecified atom stereocenters. The van der Waals surface area contributed by atoms with E-state index in [2.05, 4.69) is 10.3 Å². The van der Waals surface area contributed by atoms with Crippen LogP contribution in [-0.2, 0) is 4.84 Å². The summed E-state index contributed by atoms with van der Waals surface area (Å²) in [5.41, 5.74) is 7.58. The molecule has 4 heteroatoms. The van der Waals surface area contributed by atoms with E-state index >= 15 is 0 Å². The van der Waals surface area contributed by atoms with Crippen LogP contribution in [0.3, 0.4) is 0 Å². The van der Waals surface area contributed by atoms with Crippen molar-refractivity contribution in [2.45, 2.75) is 13.0 Å². The van der Waals surface area contributed by atoms with Gasteiger partial charge in [-0.1, -0.05) is 0 Å². The monoisotopic (exact) mass is 117 g/mol. The highest BCUT2D eigenvalue weighted by atomic mass is 16.6. The van der Waals surface area contributed by atoms with Gasteiger partial charge in [0.25, 0.3) is 0 Å². The van der Waals surface area contributed by atoms with Crippen LogP contribution >= 0.6 is 0 Å². The molecule has 8 heavy (non-hydrogen) atoms. The van der Waals surface area contributed by atoms with Gasteiger partial charge in [-0.3, -0.25) is 5.41 Å². The zero-order valence-corrected chi connectivity index (χ0v) is 5.06. The molecule has 0 aliphatic rings. The molecule has 0 aliphatic heterocycles. The summed E-state index contributed by atoms with van der Waals surface area (Å²) < 4.78 is 0. The number of hydroxylamine groups is 1.